The van der Waals surface area contributed by atoms with Crippen molar-refractivity contribution in [2.45, 2.75) is 25.9 Å². The van der Waals surface area contributed by atoms with Gasteiger partial charge in [0, 0.05) is 18.1 Å². The maximum atomic E-state index is 5.96. The predicted octanol–water partition coefficient (Wildman–Crippen LogP) is 4.29. The van der Waals surface area contributed by atoms with Crippen molar-refractivity contribution >= 4 is 23.2 Å². The minimum atomic E-state index is -0.236. The number of hydrogen-bond acceptors (Lipinski definition) is 4. The maximum Gasteiger partial charge on any atom is 0.194 e. The van der Waals surface area contributed by atoms with Crippen molar-refractivity contribution < 1.29 is 9.47 Å². The standard InChI is InChI=1S/C14H12Cl2N2O2/c1-14(2)7-8-4-3-5-9(12(8)20-14)19-10-6-11(15)17-18-13(10)16/h3-6H,7H2,1-2H3. The van der Waals surface area contributed by atoms with Crippen LogP contribution in [0.2, 0.25) is 10.3 Å². The van der Waals surface area contributed by atoms with Crippen LogP contribution in [0.15, 0.2) is 24.3 Å². The van der Waals surface area contributed by atoms with Crippen LogP contribution in [0.5, 0.6) is 17.2 Å². The zero-order valence-corrected chi connectivity index (χ0v) is 12.5. The monoisotopic (exact) mass is 310 g/mol. The van der Waals surface area contributed by atoms with Crippen LogP contribution in [0.3, 0.4) is 0 Å². The Labute approximate surface area is 126 Å². The summed E-state index contributed by atoms with van der Waals surface area (Å²) >= 11 is 11.8. The summed E-state index contributed by atoms with van der Waals surface area (Å²) in [5.74, 6) is 1.69. The van der Waals surface area contributed by atoms with Gasteiger partial charge in [0.2, 0.25) is 0 Å². The molecular weight excluding hydrogens is 299 g/mol. The van der Waals surface area contributed by atoms with E-state index in [-0.39, 0.29) is 15.9 Å². The molecule has 0 amide bonds. The van der Waals surface area contributed by atoms with E-state index < -0.39 is 0 Å². The lowest BCUT2D eigenvalue weighted by atomic mass is 10.0. The fourth-order valence-electron chi connectivity index (χ4n) is 2.20. The molecule has 0 radical (unpaired) electrons. The Bertz CT molecular complexity index is 674. The van der Waals surface area contributed by atoms with Crippen LogP contribution in [-0.2, 0) is 6.42 Å². The molecule has 1 aliphatic rings. The SMILES string of the molecule is CC1(C)Cc2cccc(Oc3cc(Cl)nnc3Cl)c2O1. The van der Waals surface area contributed by atoms with Gasteiger partial charge < -0.3 is 9.47 Å². The molecule has 2 heterocycles. The third-order valence-electron chi connectivity index (χ3n) is 2.96. The van der Waals surface area contributed by atoms with Gasteiger partial charge in [0.25, 0.3) is 0 Å². The molecule has 1 aromatic carbocycles. The molecule has 0 spiro atoms. The quantitative estimate of drug-likeness (QED) is 0.830. The van der Waals surface area contributed by atoms with Crippen molar-refractivity contribution in [3.05, 3.63) is 40.1 Å². The number of ether oxygens (including phenoxy) is 2. The Balaban J connectivity index is 1.97. The fourth-order valence-corrected chi connectivity index (χ4v) is 2.46. The van der Waals surface area contributed by atoms with Gasteiger partial charge in [-0.15, -0.1) is 10.2 Å². The van der Waals surface area contributed by atoms with E-state index in [1.165, 1.54) is 6.07 Å². The van der Waals surface area contributed by atoms with Crippen LogP contribution >= 0.6 is 23.2 Å². The van der Waals surface area contributed by atoms with Crippen molar-refractivity contribution in [3.8, 4) is 17.2 Å². The van der Waals surface area contributed by atoms with Gasteiger partial charge in [-0.25, -0.2) is 0 Å². The number of fused-ring (bicyclic) bond motifs is 1. The molecule has 0 saturated carbocycles. The highest BCUT2D eigenvalue weighted by Gasteiger charge is 2.32. The third-order valence-corrected chi connectivity index (χ3v) is 3.41. The smallest absolute Gasteiger partial charge is 0.194 e. The average Bonchev–Trinajstić information content (AvgIpc) is 2.69. The summed E-state index contributed by atoms with van der Waals surface area (Å²) in [5.41, 5.74) is 0.872. The Morgan fingerprint density at radius 2 is 2.00 bits per heavy atom. The first-order valence-corrected chi connectivity index (χ1v) is 6.88. The molecule has 104 valence electrons. The summed E-state index contributed by atoms with van der Waals surface area (Å²) in [6.07, 6.45) is 0.836. The molecule has 0 unspecified atom stereocenters. The first-order chi connectivity index (χ1) is 9.44. The van der Waals surface area contributed by atoms with E-state index in [2.05, 4.69) is 10.2 Å². The van der Waals surface area contributed by atoms with E-state index in [1.54, 1.807) is 0 Å². The minimum Gasteiger partial charge on any atom is -0.483 e. The predicted molar refractivity (Wildman–Crippen MR) is 77.0 cm³/mol. The highest BCUT2D eigenvalue weighted by atomic mass is 35.5. The number of para-hydroxylation sites is 1. The molecule has 0 atom stereocenters. The number of hydrogen-bond donors (Lipinski definition) is 0. The van der Waals surface area contributed by atoms with Gasteiger partial charge in [-0.1, -0.05) is 35.3 Å². The number of aromatic nitrogens is 2. The van der Waals surface area contributed by atoms with E-state index in [9.17, 15) is 0 Å². The summed E-state index contributed by atoms with van der Waals surface area (Å²) < 4.78 is 11.7. The van der Waals surface area contributed by atoms with Gasteiger partial charge in [0.1, 0.15) is 5.60 Å². The van der Waals surface area contributed by atoms with Crippen LogP contribution in [0.25, 0.3) is 0 Å². The molecule has 0 fully saturated rings. The zero-order valence-electron chi connectivity index (χ0n) is 11.0. The lowest BCUT2D eigenvalue weighted by molar-refractivity contribution is 0.135. The van der Waals surface area contributed by atoms with Gasteiger partial charge in [-0.2, -0.15) is 0 Å². The third kappa shape index (κ3) is 2.53. The van der Waals surface area contributed by atoms with Crippen molar-refractivity contribution in [1.29, 1.82) is 0 Å². The topological polar surface area (TPSA) is 44.2 Å². The largest absolute Gasteiger partial charge is 0.483 e. The normalized spacial score (nSPS) is 15.6. The van der Waals surface area contributed by atoms with E-state index >= 15 is 0 Å². The molecule has 0 N–H and O–H groups in total. The fraction of sp³-hybridized carbons (Fsp3) is 0.286. The average molecular weight is 311 g/mol. The molecule has 2 aromatic rings. The van der Waals surface area contributed by atoms with Crippen molar-refractivity contribution in [3.63, 3.8) is 0 Å². The van der Waals surface area contributed by atoms with Crippen molar-refractivity contribution in [2.75, 3.05) is 0 Å². The van der Waals surface area contributed by atoms with Crippen LogP contribution < -0.4 is 9.47 Å². The Morgan fingerprint density at radius 1 is 1.20 bits per heavy atom. The second-order valence-electron chi connectivity index (χ2n) is 5.21. The molecular formula is C14H12Cl2N2O2. The second kappa shape index (κ2) is 4.79. The number of nitrogens with zero attached hydrogens (tertiary/aromatic N) is 2. The maximum absolute atomic E-state index is 5.96. The molecule has 0 aliphatic carbocycles. The highest BCUT2D eigenvalue weighted by molar-refractivity contribution is 6.32. The Hall–Kier alpha value is -1.52. The summed E-state index contributed by atoms with van der Waals surface area (Å²) in [5, 5.41) is 7.74. The Morgan fingerprint density at radius 3 is 2.80 bits per heavy atom. The van der Waals surface area contributed by atoms with Gasteiger partial charge in [0.05, 0.1) is 0 Å². The molecule has 0 bridgehead atoms. The number of rotatable bonds is 2. The molecule has 6 heteroatoms. The van der Waals surface area contributed by atoms with E-state index in [4.69, 9.17) is 32.7 Å². The van der Waals surface area contributed by atoms with Gasteiger partial charge in [-0.3, -0.25) is 0 Å². The number of halogens is 2. The van der Waals surface area contributed by atoms with Crippen LogP contribution in [-0.4, -0.2) is 15.8 Å². The van der Waals surface area contributed by atoms with E-state index in [0.717, 1.165) is 17.7 Å². The second-order valence-corrected chi connectivity index (χ2v) is 5.95. The summed E-state index contributed by atoms with van der Waals surface area (Å²) in [6, 6.07) is 7.29. The van der Waals surface area contributed by atoms with E-state index in [0.29, 0.717) is 11.5 Å². The molecule has 3 rings (SSSR count). The lowest BCUT2D eigenvalue weighted by Crippen LogP contribution is -2.24. The first-order valence-electron chi connectivity index (χ1n) is 6.12. The molecule has 1 aromatic heterocycles. The summed E-state index contributed by atoms with van der Waals surface area (Å²) in [6.45, 7) is 4.07. The summed E-state index contributed by atoms with van der Waals surface area (Å²) in [4.78, 5) is 0. The molecule has 1 aliphatic heterocycles. The highest BCUT2D eigenvalue weighted by Crippen LogP contribution is 2.44. The lowest BCUT2D eigenvalue weighted by Gasteiger charge is -2.18. The summed E-state index contributed by atoms with van der Waals surface area (Å²) in [7, 11) is 0. The van der Waals surface area contributed by atoms with Crippen LogP contribution in [0, 0.1) is 0 Å². The number of benzene rings is 1. The van der Waals surface area contributed by atoms with Crippen LogP contribution in [0.4, 0.5) is 0 Å². The molecule has 20 heavy (non-hydrogen) atoms. The minimum absolute atomic E-state index is 0.157. The van der Waals surface area contributed by atoms with Crippen LogP contribution in [0.1, 0.15) is 19.4 Å². The van der Waals surface area contributed by atoms with Gasteiger partial charge in [-0.05, 0) is 19.9 Å². The molecule has 0 saturated heterocycles. The van der Waals surface area contributed by atoms with Gasteiger partial charge >= 0.3 is 0 Å². The zero-order chi connectivity index (χ0) is 14.3. The van der Waals surface area contributed by atoms with E-state index in [1.807, 2.05) is 32.0 Å². The Kier molecular flexibility index (Phi) is 3.22. The first kappa shape index (κ1) is 13.5. The van der Waals surface area contributed by atoms with Crippen molar-refractivity contribution in [2.24, 2.45) is 0 Å². The van der Waals surface area contributed by atoms with Gasteiger partial charge in [0.15, 0.2) is 27.6 Å². The molecule has 4 nitrogen and oxygen atoms in total. The van der Waals surface area contributed by atoms with Crippen molar-refractivity contribution in [1.82, 2.24) is 10.2 Å².